The molecule has 0 saturated carbocycles. The van der Waals surface area contributed by atoms with Crippen LogP contribution in [0.4, 0.5) is 5.69 Å². The smallest absolute Gasteiger partial charge is 0.266 e. The molecule has 2 aromatic rings. The van der Waals surface area contributed by atoms with Crippen molar-refractivity contribution in [2.24, 2.45) is 0 Å². The Morgan fingerprint density at radius 1 is 1.12 bits per heavy atom. The first-order valence-electron chi connectivity index (χ1n) is 8.68. The molecular weight excluding hydrogens is 354 g/mol. The van der Waals surface area contributed by atoms with E-state index in [0.29, 0.717) is 54.6 Å². The number of hydrogen-bond acceptors (Lipinski definition) is 5. The third-order valence-electron chi connectivity index (χ3n) is 4.36. The van der Waals surface area contributed by atoms with E-state index >= 15 is 0 Å². The van der Waals surface area contributed by atoms with E-state index in [-0.39, 0.29) is 11.0 Å². The van der Waals surface area contributed by atoms with Crippen molar-refractivity contribution in [1.82, 2.24) is 0 Å². The van der Waals surface area contributed by atoms with E-state index in [1.807, 2.05) is 26.0 Å². The van der Waals surface area contributed by atoms with Crippen LogP contribution in [-0.4, -0.2) is 27.7 Å². The molecule has 0 amide bonds. The van der Waals surface area contributed by atoms with Gasteiger partial charge in [-0.15, -0.1) is 0 Å². The van der Waals surface area contributed by atoms with Crippen molar-refractivity contribution in [1.29, 1.82) is 0 Å². The van der Waals surface area contributed by atoms with Crippen LogP contribution < -0.4 is 18.9 Å². The fourth-order valence-electron chi connectivity index (χ4n) is 3.33. The molecule has 2 aliphatic heterocycles. The summed E-state index contributed by atoms with van der Waals surface area (Å²) >= 11 is 0. The van der Waals surface area contributed by atoms with Gasteiger partial charge in [-0.25, -0.2) is 8.42 Å². The first-order chi connectivity index (χ1) is 12.5. The third-order valence-corrected chi connectivity index (χ3v) is 5.82. The monoisotopic (exact) mass is 375 g/mol. The zero-order valence-electron chi connectivity index (χ0n) is 14.7. The zero-order chi connectivity index (χ0) is 18.3. The molecule has 0 aliphatic carbocycles. The molecule has 4 rings (SSSR count). The molecule has 2 aromatic carbocycles. The molecular formula is C19H21NO5S. The first kappa shape index (κ1) is 17.0. The second-order valence-electron chi connectivity index (χ2n) is 6.64. The predicted molar refractivity (Wildman–Crippen MR) is 97.9 cm³/mol. The maximum Gasteiger partial charge on any atom is 0.266 e. The molecule has 138 valence electrons. The number of sulfonamides is 1. The summed E-state index contributed by atoms with van der Waals surface area (Å²) in [4.78, 5) is 0.194. The second-order valence-corrected chi connectivity index (χ2v) is 8.26. The Morgan fingerprint density at radius 2 is 1.88 bits per heavy atom. The number of benzene rings is 2. The van der Waals surface area contributed by atoms with Gasteiger partial charge in [0.1, 0.15) is 22.1 Å². The Hall–Kier alpha value is -2.41. The van der Waals surface area contributed by atoms with Crippen LogP contribution in [0.25, 0.3) is 0 Å². The Bertz CT molecular complexity index is 920. The van der Waals surface area contributed by atoms with E-state index in [0.717, 1.165) is 5.56 Å². The van der Waals surface area contributed by atoms with Crippen molar-refractivity contribution in [2.75, 3.05) is 17.9 Å². The molecule has 2 heterocycles. The fraction of sp³-hybridized carbons (Fsp3) is 0.368. The number of rotatable bonds is 5. The lowest BCUT2D eigenvalue weighted by Gasteiger charge is -2.18. The summed E-state index contributed by atoms with van der Waals surface area (Å²) in [7, 11) is -3.86. The van der Waals surface area contributed by atoms with Crippen LogP contribution in [0.3, 0.4) is 0 Å². The SMILES string of the molecule is CC(C)Oc1ccccc1NS(=O)(=O)c1c2c(cc3c1OCC3)OCC2. The van der Waals surface area contributed by atoms with Gasteiger partial charge in [0.15, 0.2) is 0 Å². The number of fused-ring (bicyclic) bond motifs is 2. The minimum absolute atomic E-state index is 0.0670. The van der Waals surface area contributed by atoms with Crippen LogP contribution in [0.2, 0.25) is 0 Å². The number of nitrogens with one attached hydrogen (secondary N) is 1. The highest BCUT2D eigenvalue weighted by Crippen LogP contribution is 2.44. The van der Waals surface area contributed by atoms with Gasteiger partial charge in [-0.3, -0.25) is 4.72 Å². The molecule has 6 nitrogen and oxygen atoms in total. The number of ether oxygens (including phenoxy) is 3. The molecule has 0 saturated heterocycles. The van der Waals surface area contributed by atoms with Gasteiger partial charge in [0.25, 0.3) is 10.0 Å². The summed E-state index contributed by atoms with van der Waals surface area (Å²) < 4.78 is 46.2. The van der Waals surface area contributed by atoms with Gasteiger partial charge in [-0.05, 0) is 32.0 Å². The molecule has 0 spiro atoms. The van der Waals surface area contributed by atoms with Gasteiger partial charge >= 0.3 is 0 Å². The van der Waals surface area contributed by atoms with E-state index in [4.69, 9.17) is 14.2 Å². The largest absolute Gasteiger partial charge is 0.493 e. The van der Waals surface area contributed by atoms with Crippen LogP contribution in [0.5, 0.6) is 17.2 Å². The Morgan fingerprint density at radius 3 is 2.69 bits per heavy atom. The summed E-state index contributed by atoms with van der Waals surface area (Å²) in [6.07, 6.45) is 1.16. The van der Waals surface area contributed by atoms with E-state index in [2.05, 4.69) is 4.72 Å². The molecule has 0 atom stereocenters. The van der Waals surface area contributed by atoms with Crippen LogP contribution in [0.15, 0.2) is 35.2 Å². The van der Waals surface area contributed by atoms with Crippen LogP contribution in [-0.2, 0) is 22.9 Å². The average molecular weight is 375 g/mol. The average Bonchev–Trinajstić information content (AvgIpc) is 3.21. The minimum atomic E-state index is -3.86. The maximum absolute atomic E-state index is 13.3. The normalized spacial score (nSPS) is 15.2. The highest BCUT2D eigenvalue weighted by Gasteiger charge is 2.34. The third kappa shape index (κ3) is 2.96. The molecule has 26 heavy (non-hydrogen) atoms. The van der Waals surface area contributed by atoms with Crippen molar-refractivity contribution < 1.29 is 22.6 Å². The quantitative estimate of drug-likeness (QED) is 0.869. The van der Waals surface area contributed by atoms with Crippen molar-refractivity contribution in [3.8, 4) is 17.2 Å². The number of para-hydroxylation sites is 2. The van der Waals surface area contributed by atoms with Gasteiger partial charge in [-0.2, -0.15) is 0 Å². The summed E-state index contributed by atoms with van der Waals surface area (Å²) in [5, 5.41) is 0. The van der Waals surface area contributed by atoms with Gasteiger partial charge in [-0.1, -0.05) is 12.1 Å². The van der Waals surface area contributed by atoms with Gasteiger partial charge < -0.3 is 14.2 Å². The van der Waals surface area contributed by atoms with E-state index in [1.165, 1.54) is 0 Å². The van der Waals surface area contributed by atoms with Crippen molar-refractivity contribution in [3.05, 3.63) is 41.5 Å². The fourth-order valence-corrected chi connectivity index (χ4v) is 4.85. The molecule has 0 bridgehead atoms. The van der Waals surface area contributed by atoms with E-state index in [1.54, 1.807) is 18.2 Å². The molecule has 1 N–H and O–H groups in total. The predicted octanol–water partition coefficient (Wildman–Crippen LogP) is 3.14. The summed E-state index contributed by atoms with van der Waals surface area (Å²) in [6, 6.07) is 8.92. The van der Waals surface area contributed by atoms with Crippen LogP contribution in [0.1, 0.15) is 25.0 Å². The standard InChI is InChI=1S/C19H21NO5S/c1-12(2)25-16-6-4-3-5-15(16)20-26(21,22)19-14-8-10-23-17(14)11-13-7-9-24-18(13)19/h3-6,11-12,20H,7-10H2,1-2H3. The van der Waals surface area contributed by atoms with Gasteiger partial charge in [0, 0.05) is 24.0 Å². The molecule has 0 fully saturated rings. The minimum Gasteiger partial charge on any atom is -0.493 e. The first-order valence-corrected chi connectivity index (χ1v) is 10.2. The number of anilines is 1. The summed E-state index contributed by atoms with van der Waals surface area (Å²) in [5.41, 5.74) is 1.96. The molecule has 2 aliphatic rings. The van der Waals surface area contributed by atoms with Crippen molar-refractivity contribution in [2.45, 2.75) is 37.7 Å². The lowest BCUT2D eigenvalue weighted by atomic mass is 10.1. The molecule has 0 unspecified atom stereocenters. The molecule has 0 aromatic heterocycles. The Kier molecular flexibility index (Phi) is 4.19. The Balaban J connectivity index is 1.78. The maximum atomic E-state index is 13.3. The van der Waals surface area contributed by atoms with Crippen LogP contribution in [0, 0.1) is 0 Å². The van der Waals surface area contributed by atoms with Gasteiger partial charge in [0.05, 0.1) is 25.0 Å². The molecule has 0 radical (unpaired) electrons. The van der Waals surface area contributed by atoms with Crippen LogP contribution >= 0.6 is 0 Å². The highest BCUT2D eigenvalue weighted by molar-refractivity contribution is 7.93. The van der Waals surface area contributed by atoms with Gasteiger partial charge in [0.2, 0.25) is 0 Å². The van der Waals surface area contributed by atoms with E-state index in [9.17, 15) is 8.42 Å². The lowest BCUT2D eigenvalue weighted by Crippen LogP contribution is -2.17. The number of hydrogen-bond donors (Lipinski definition) is 1. The topological polar surface area (TPSA) is 73.9 Å². The molecule has 7 heteroatoms. The second kappa shape index (κ2) is 6.39. The lowest BCUT2D eigenvalue weighted by molar-refractivity contribution is 0.244. The van der Waals surface area contributed by atoms with Crippen molar-refractivity contribution >= 4 is 15.7 Å². The summed E-state index contributed by atoms with van der Waals surface area (Å²) in [5.74, 6) is 1.58. The Labute approximate surface area is 153 Å². The zero-order valence-corrected chi connectivity index (χ0v) is 15.6. The van der Waals surface area contributed by atoms with E-state index < -0.39 is 10.0 Å². The summed E-state index contributed by atoms with van der Waals surface area (Å²) in [6.45, 7) is 4.75. The van der Waals surface area contributed by atoms with Crippen molar-refractivity contribution in [3.63, 3.8) is 0 Å². The highest BCUT2D eigenvalue weighted by atomic mass is 32.2.